The van der Waals surface area contributed by atoms with Crippen molar-refractivity contribution in [3.8, 4) is 11.3 Å². The van der Waals surface area contributed by atoms with Gasteiger partial charge in [0.2, 0.25) is 15.9 Å². The number of benzene rings is 1. The first-order chi connectivity index (χ1) is 14.0. The van der Waals surface area contributed by atoms with Crippen molar-refractivity contribution in [2.45, 2.75) is 30.7 Å². The van der Waals surface area contributed by atoms with E-state index in [0.717, 1.165) is 22.4 Å². The molecule has 2 aliphatic rings. The summed E-state index contributed by atoms with van der Waals surface area (Å²) in [7, 11) is -3.72. The molecular formula is C20H18N4O3S2. The van der Waals surface area contributed by atoms with E-state index in [0.29, 0.717) is 37.2 Å². The molecule has 0 bridgehead atoms. The van der Waals surface area contributed by atoms with Crippen LogP contribution in [0.15, 0.2) is 46.2 Å². The monoisotopic (exact) mass is 426 g/mol. The van der Waals surface area contributed by atoms with Gasteiger partial charge < -0.3 is 4.90 Å². The number of nitrogens with zero attached hydrogens (tertiary/aromatic N) is 3. The minimum atomic E-state index is -3.72. The van der Waals surface area contributed by atoms with E-state index in [1.54, 1.807) is 40.8 Å². The molecule has 0 aliphatic carbocycles. The van der Waals surface area contributed by atoms with Gasteiger partial charge in [0.15, 0.2) is 0 Å². The molecule has 3 aromatic rings. The van der Waals surface area contributed by atoms with Crippen molar-refractivity contribution in [2.75, 3.05) is 11.4 Å². The van der Waals surface area contributed by atoms with E-state index in [1.807, 2.05) is 16.8 Å². The third-order valence-corrected chi connectivity index (χ3v) is 7.40. The van der Waals surface area contributed by atoms with Crippen LogP contribution in [-0.4, -0.2) is 30.8 Å². The van der Waals surface area contributed by atoms with Crippen LogP contribution in [-0.2, 0) is 34.2 Å². The fourth-order valence-corrected chi connectivity index (χ4v) is 5.69. The fraction of sp³-hybridized carbons (Fsp3) is 0.250. The molecular weight excluding hydrogens is 408 g/mol. The molecule has 0 saturated carbocycles. The molecule has 7 nitrogen and oxygen atoms in total. The molecule has 1 N–H and O–H groups in total. The van der Waals surface area contributed by atoms with Gasteiger partial charge in [-0.15, -0.1) is 0 Å². The summed E-state index contributed by atoms with van der Waals surface area (Å²) in [5.41, 5.74) is 4.94. The zero-order valence-corrected chi connectivity index (χ0v) is 17.1. The first-order valence-corrected chi connectivity index (χ1v) is 11.7. The van der Waals surface area contributed by atoms with Crippen LogP contribution in [0.5, 0.6) is 0 Å². The van der Waals surface area contributed by atoms with Gasteiger partial charge in [-0.2, -0.15) is 11.3 Å². The highest BCUT2D eigenvalue weighted by Gasteiger charge is 2.32. The van der Waals surface area contributed by atoms with Crippen molar-refractivity contribution >= 4 is 33.0 Å². The Morgan fingerprint density at radius 1 is 1.10 bits per heavy atom. The van der Waals surface area contributed by atoms with E-state index >= 15 is 0 Å². The maximum atomic E-state index is 13.0. The molecule has 29 heavy (non-hydrogen) atoms. The Morgan fingerprint density at radius 2 is 1.90 bits per heavy atom. The van der Waals surface area contributed by atoms with Crippen molar-refractivity contribution in [1.29, 1.82) is 0 Å². The van der Waals surface area contributed by atoms with Crippen molar-refractivity contribution in [3.05, 3.63) is 58.2 Å². The molecule has 4 heterocycles. The van der Waals surface area contributed by atoms with Gasteiger partial charge in [0.1, 0.15) is 0 Å². The summed E-state index contributed by atoms with van der Waals surface area (Å²) < 4.78 is 28.7. The number of carbonyl (C=O) groups is 1. The van der Waals surface area contributed by atoms with Gasteiger partial charge in [-0.05, 0) is 47.5 Å². The minimum Gasteiger partial charge on any atom is -0.312 e. The Kier molecular flexibility index (Phi) is 4.45. The van der Waals surface area contributed by atoms with Crippen LogP contribution in [0, 0.1) is 0 Å². The average Bonchev–Trinajstić information content (AvgIpc) is 3.40. The molecule has 0 saturated heterocycles. The number of carbonyl (C=O) groups excluding carboxylic acids is 1. The molecule has 0 unspecified atom stereocenters. The van der Waals surface area contributed by atoms with Gasteiger partial charge in [-0.25, -0.2) is 13.1 Å². The molecule has 1 aromatic carbocycles. The van der Waals surface area contributed by atoms with Crippen molar-refractivity contribution in [3.63, 3.8) is 0 Å². The number of rotatable bonds is 5. The van der Waals surface area contributed by atoms with Gasteiger partial charge in [0.05, 0.1) is 28.5 Å². The van der Waals surface area contributed by atoms with E-state index in [2.05, 4.69) is 14.7 Å². The number of thiophene rings is 1. The van der Waals surface area contributed by atoms with Gasteiger partial charge >= 0.3 is 0 Å². The second kappa shape index (κ2) is 7.01. The fourth-order valence-electron chi connectivity index (χ4n) is 3.96. The van der Waals surface area contributed by atoms with Crippen molar-refractivity contribution in [2.24, 2.45) is 0 Å². The van der Waals surface area contributed by atoms with Crippen LogP contribution in [0.3, 0.4) is 0 Å². The van der Waals surface area contributed by atoms with E-state index in [9.17, 15) is 13.2 Å². The van der Waals surface area contributed by atoms with E-state index in [4.69, 9.17) is 0 Å². The highest BCUT2D eigenvalue weighted by molar-refractivity contribution is 7.89. The van der Waals surface area contributed by atoms with E-state index in [1.165, 1.54) is 0 Å². The largest absolute Gasteiger partial charge is 0.312 e. The SMILES string of the molecule is O=C1CCc2cc(S(=O)(=O)NCc3nccnc3-c3ccsc3)cc3c2N1CC3. The number of aromatic nitrogens is 2. The lowest BCUT2D eigenvalue weighted by Crippen LogP contribution is -2.33. The lowest BCUT2D eigenvalue weighted by atomic mass is 10.00. The van der Waals surface area contributed by atoms with Crippen molar-refractivity contribution < 1.29 is 13.2 Å². The number of hydrogen-bond donors (Lipinski definition) is 1. The summed E-state index contributed by atoms with van der Waals surface area (Å²) >= 11 is 1.55. The molecule has 1 amide bonds. The number of hydrogen-bond acceptors (Lipinski definition) is 6. The Balaban J connectivity index is 1.43. The molecule has 0 radical (unpaired) electrons. The van der Waals surface area contributed by atoms with Gasteiger partial charge in [-0.3, -0.25) is 14.8 Å². The predicted molar refractivity (Wildman–Crippen MR) is 110 cm³/mol. The molecule has 148 valence electrons. The average molecular weight is 427 g/mol. The quantitative estimate of drug-likeness (QED) is 0.677. The highest BCUT2D eigenvalue weighted by atomic mass is 32.2. The van der Waals surface area contributed by atoms with Gasteiger partial charge in [0.25, 0.3) is 0 Å². The lowest BCUT2D eigenvalue weighted by molar-refractivity contribution is -0.118. The summed E-state index contributed by atoms with van der Waals surface area (Å²) in [5.74, 6) is 0.119. The zero-order chi connectivity index (χ0) is 20.0. The molecule has 5 rings (SSSR count). The summed E-state index contributed by atoms with van der Waals surface area (Å²) in [6, 6.07) is 5.32. The second-order valence-electron chi connectivity index (χ2n) is 7.07. The lowest BCUT2D eigenvalue weighted by Gasteiger charge is -2.25. The third-order valence-electron chi connectivity index (χ3n) is 5.33. The third kappa shape index (κ3) is 3.25. The predicted octanol–water partition coefficient (Wildman–Crippen LogP) is 2.52. The second-order valence-corrected chi connectivity index (χ2v) is 9.62. The van der Waals surface area contributed by atoms with Gasteiger partial charge in [0, 0.05) is 36.3 Å². The maximum Gasteiger partial charge on any atom is 0.240 e. The standard InChI is InChI=1S/C20H18N4O3S2/c25-18-2-1-13-9-16(10-14-3-7-24(18)20(13)14)29(26,27)23-11-17-19(22-6-5-21-17)15-4-8-28-12-15/h4-6,8-10,12,23H,1-3,7,11H2. The topological polar surface area (TPSA) is 92.3 Å². The molecule has 0 spiro atoms. The van der Waals surface area contributed by atoms with Crippen LogP contribution in [0.25, 0.3) is 11.3 Å². The van der Waals surface area contributed by atoms with Crippen LogP contribution < -0.4 is 9.62 Å². The Labute approximate surface area is 172 Å². The van der Waals surface area contributed by atoms with Crippen LogP contribution in [0.4, 0.5) is 5.69 Å². The number of aryl methyl sites for hydroxylation is 1. The minimum absolute atomic E-state index is 0.0540. The molecule has 9 heteroatoms. The van der Waals surface area contributed by atoms with Crippen LogP contribution in [0.2, 0.25) is 0 Å². The van der Waals surface area contributed by atoms with Crippen LogP contribution in [0.1, 0.15) is 23.2 Å². The molecule has 0 atom stereocenters. The molecule has 2 aromatic heterocycles. The zero-order valence-electron chi connectivity index (χ0n) is 15.5. The molecule has 2 aliphatic heterocycles. The van der Waals surface area contributed by atoms with E-state index < -0.39 is 10.0 Å². The number of anilines is 1. The van der Waals surface area contributed by atoms with Crippen molar-refractivity contribution in [1.82, 2.24) is 14.7 Å². The first-order valence-electron chi connectivity index (χ1n) is 9.31. The maximum absolute atomic E-state index is 13.0. The Morgan fingerprint density at radius 3 is 2.69 bits per heavy atom. The summed E-state index contributed by atoms with van der Waals surface area (Å²) in [4.78, 5) is 22.8. The normalized spacial score (nSPS) is 15.6. The van der Waals surface area contributed by atoms with E-state index in [-0.39, 0.29) is 17.3 Å². The first kappa shape index (κ1) is 18.4. The summed E-state index contributed by atoms with van der Waals surface area (Å²) in [6.45, 7) is 0.681. The molecule has 0 fully saturated rings. The van der Waals surface area contributed by atoms with Crippen LogP contribution >= 0.6 is 11.3 Å². The number of nitrogens with one attached hydrogen (secondary N) is 1. The summed E-state index contributed by atoms with van der Waals surface area (Å²) in [6.07, 6.45) is 4.85. The number of sulfonamides is 1. The Hall–Kier alpha value is -2.62. The smallest absolute Gasteiger partial charge is 0.240 e. The number of amides is 1. The Bertz CT molecular complexity index is 1210. The summed E-state index contributed by atoms with van der Waals surface area (Å²) in [5, 5.41) is 3.91. The van der Waals surface area contributed by atoms with Gasteiger partial charge in [-0.1, -0.05) is 0 Å². The highest BCUT2D eigenvalue weighted by Crippen LogP contribution is 2.38.